The van der Waals surface area contributed by atoms with Crippen LogP contribution in [0.5, 0.6) is 17.2 Å². The number of fused-ring (bicyclic) bond motifs is 5. The lowest BCUT2D eigenvalue weighted by molar-refractivity contribution is -0.137. The minimum atomic E-state index is -4.81. The molecule has 13 heteroatoms. The Hall–Kier alpha value is -3.58. The van der Waals surface area contributed by atoms with Gasteiger partial charge in [-0.25, -0.2) is 14.0 Å². The number of halogens is 4. The lowest BCUT2D eigenvalue weighted by Crippen LogP contribution is -2.34. The fraction of sp³-hybridized carbons (Fsp3) is 0.548. The Morgan fingerprint density at radius 1 is 0.841 bits per heavy atom. The van der Waals surface area contributed by atoms with Crippen LogP contribution < -0.4 is 14.2 Å². The standard InChI is InChI=1S/C31H38F4N2O7/c1-40-26-18-22-19-27(28(26)41-2)42-14-3-6-25(44-30(39)21-16-23(31(33,34)35)20-24(32)17-21)7-11-37-9-4-8-36(12-13-37)10-5-15-43-29(22)38/h16-20,25H,3-15H2,1-2H3. The molecule has 2 aliphatic rings. The number of alkyl halides is 3. The van der Waals surface area contributed by atoms with E-state index in [9.17, 15) is 27.2 Å². The molecule has 0 N–H and O–H groups in total. The van der Waals surface area contributed by atoms with Gasteiger partial charge in [-0.05, 0) is 75.5 Å². The Labute approximate surface area is 253 Å². The number of benzene rings is 2. The van der Waals surface area contributed by atoms with Crippen molar-refractivity contribution < 1.29 is 50.8 Å². The molecule has 44 heavy (non-hydrogen) atoms. The fourth-order valence-corrected chi connectivity index (χ4v) is 5.33. The number of esters is 2. The van der Waals surface area contributed by atoms with Crippen LogP contribution in [0.3, 0.4) is 0 Å². The van der Waals surface area contributed by atoms with Crippen LogP contribution in [0.25, 0.3) is 0 Å². The highest BCUT2D eigenvalue weighted by atomic mass is 19.4. The Morgan fingerprint density at radius 2 is 1.55 bits per heavy atom. The smallest absolute Gasteiger partial charge is 0.416 e. The van der Waals surface area contributed by atoms with Gasteiger partial charge in [-0.1, -0.05) is 0 Å². The summed E-state index contributed by atoms with van der Waals surface area (Å²) in [6.45, 7) is 5.09. The molecule has 0 spiro atoms. The van der Waals surface area contributed by atoms with Crippen molar-refractivity contribution in [1.29, 1.82) is 0 Å². The first-order valence-electron chi connectivity index (χ1n) is 14.7. The van der Waals surface area contributed by atoms with Crippen LogP contribution in [0, 0.1) is 5.82 Å². The Bertz CT molecular complexity index is 1290. The quantitative estimate of drug-likeness (QED) is 0.336. The minimum Gasteiger partial charge on any atom is -0.493 e. The van der Waals surface area contributed by atoms with Crippen molar-refractivity contribution in [2.75, 3.05) is 66.7 Å². The molecule has 0 aromatic heterocycles. The van der Waals surface area contributed by atoms with E-state index < -0.39 is 41.2 Å². The van der Waals surface area contributed by atoms with Crippen LogP contribution in [0.15, 0.2) is 30.3 Å². The van der Waals surface area contributed by atoms with E-state index in [0.29, 0.717) is 44.4 Å². The van der Waals surface area contributed by atoms with Gasteiger partial charge in [0.25, 0.3) is 0 Å². The van der Waals surface area contributed by atoms with Gasteiger partial charge in [0.05, 0.1) is 44.1 Å². The third-order valence-electron chi connectivity index (χ3n) is 7.64. The van der Waals surface area contributed by atoms with Gasteiger partial charge in [0.15, 0.2) is 11.5 Å². The number of nitrogens with zero attached hydrogens (tertiary/aromatic N) is 2. The first kappa shape index (κ1) is 33.3. The number of ether oxygens (including phenoxy) is 5. The van der Waals surface area contributed by atoms with Crippen LogP contribution in [0.2, 0.25) is 0 Å². The molecule has 2 aromatic carbocycles. The third kappa shape index (κ3) is 9.21. The molecule has 0 radical (unpaired) electrons. The van der Waals surface area contributed by atoms with E-state index in [1.165, 1.54) is 26.4 Å². The Balaban J connectivity index is 1.54. The first-order valence-corrected chi connectivity index (χ1v) is 14.7. The molecule has 0 amide bonds. The van der Waals surface area contributed by atoms with Crippen molar-refractivity contribution in [2.24, 2.45) is 0 Å². The molecule has 2 aliphatic heterocycles. The van der Waals surface area contributed by atoms with Gasteiger partial charge in [0, 0.05) is 26.2 Å². The molecule has 4 bridgehead atoms. The molecular formula is C31H38F4N2O7. The highest BCUT2D eigenvalue weighted by Crippen LogP contribution is 2.39. The van der Waals surface area contributed by atoms with Crippen molar-refractivity contribution in [1.82, 2.24) is 9.80 Å². The fourth-order valence-electron chi connectivity index (χ4n) is 5.33. The second-order valence-corrected chi connectivity index (χ2v) is 10.8. The van der Waals surface area contributed by atoms with Gasteiger partial charge in [-0.15, -0.1) is 0 Å². The maximum Gasteiger partial charge on any atom is 0.416 e. The van der Waals surface area contributed by atoms with Crippen LogP contribution in [0.1, 0.15) is 58.4 Å². The van der Waals surface area contributed by atoms with E-state index in [-0.39, 0.29) is 36.0 Å². The summed E-state index contributed by atoms with van der Waals surface area (Å²) in [4.78, 5) is 30.3. The summed E-state index contributed by atoms with van der Waals surface area (Å²) in [7, 11) is 2.88. The van der Waals surface area contributed by atoms with Crippen molar-refractivity contribution >= 4 is 11.9 Å². The SMILES string of the molecule is COc1cc2cc(c1OC)OCCCC(OC(=O)c1cc(F)cc(C(F)(F)F)c1)CCN1CCCN(CCCOC2=O)CC1. The summed E-state index contributed by atoms with van der Waals surface area (Å²) in [5, 5.41) is 0. The Kier molecular flexibility index (Phi) is 11.7. The van der Waals surface area contributed by atoms with Gasteiger partial charge in [-0.3, -0.25) is 0 Å². The summed E-state index contributed by atoms with van der Waals surface area (Å²) in [5.41, 5.74) is -1.53. The second kappa shape index (κ2) is 15.4. The molecule has 3 unspecified atom stereocenters. The summed E-state index contributed by atoms with van der Waals surface area (Å²) >= 11 is 0. The summed E-state index contributed by atoms with van der Waals surface area (Å²) in [6, 6.07) is 4.71. The Morgan fingerprint density at radius 3 is 2.25 bits per heavy atom. The van der Waals surface area contributed by atoms with Gasteiger partial charge < -0.3 is 33.5 Å². The number of hydrogen-bond acceptors (Lipinski definition) is 9. The van der Waals surface area contributed by atoms with Gasteiger partial charge in [0.1, 0.15) is 11.9 Å². The van der Waals surface area contributed by atoms with Crippen molar-refractivity contribution in [3.8, 4) is 17.2 Å². The molecule has 1 saturated heterocycles. The predicted octanol–water partition coefficient (Wildman–Crippen LogP) is 5.20. The molecule has 2 heterocycles. The molecule has 9 nitrogen and oxygen atoms in total. The molecule has 0 saturated carbocycles. The highest BCUT2D eigenvalue weighted by Gasteiger charge is 2.32. The normalized spacial score (nSPS) is 22.3. The van der Waals surface area contributed by atoms with E-state index >= 15 is 0 Å². The van der Waals surface area contributed by atoms with Crippen LogP contribution >= 0.6 is 0 Å². The highest BCUT2D eigenvalue weighted by molar-refractivity contribution is 5.91. The maximum absolute atomic E-state index is 14.0. The largest absolute Gasteiger partial charge is 0.493 e. The molecule has 1 fully saturated rings. The third-order valence-corrected chi connectivity index (χ3v) is 7.64. The van der Waals surface area contributed by atoms with E-state index in [4.69, 9.17) is 23.7 Å². The average molecular weight is 627 g/mol. The predicted molar refractivity (Wildman–Crippen MR) is 152 cm³/mol. The van der Waals surface area contributed by atoms with Crippen LogP contribution in [-0.2, 0) is 15.7 Å². The lowest BCUT2D eigenvalue weighted by Gasteiger charge is -2.24. The average Bonchev–Trinajstić information content (AvgIpc) is 3.23. The topological polar surface area (TPSA) is 86.8 Å². The number of hydrogen-bond donors (Lipinski definition) is 0. The van der Waals surface area contributed by atoms with Crippen LogP contribution in [-0.4, -0.2) is 94.5 Å². The number of rotatable bonds is 4. The maximum atomic E-state index is 14.0. The zero-order valence-electron chi connectivity index (χ0n) is 24.9. The van der Waals surface area contributed by atoms with E-state index in [1.807, 2.05) is 0 Å². The van der Waals surface area contributed by atoms with E-state index in [1.54, 1.807) is 0 Å². The number of methoxy groups -OCH3 is 2. The summed E-state index contributed by atoms with van der Waals surface area (Å²) in [6.07, 6.45) is -2.74. The monoisotopic (exact) mass is 626 g/mol. The van der Waals surface area contributed by atoms with Crippen molar-refractivity contribution in [3.63, 3.8) is 0 Å². The van der Waals surface area contributed by atoms with Crippen molar-refractivity contribution in [2.45, 2.75) is 44.4 Å². The summed E-state index contributed by atoms with van der Waals surface area (Å²) < 4.78 is 81.7. The molecule has 2 aromatic rings. The van der Waals surface area contributed by atoms with Gasteiger partial charge >= 0.3 is 18.1 Å². The molecular weight excluding hydrogens is 588 g/mol. The lowest BCUT2D eigenvalue weighted by atomic mass is 10.1. The van der Waals surface area contributed by atoms with E-state index in [0.717, 1.165) is 45.2 Å². The van der Waals surface area contributed by atoms with Crippen molar-refractivity contribution in [3.05, 3.63) is 52.8 Å². The number of cyclic esters (lactones) is 1. The number of carbonyl (C=O) groups is 2. The van der Waals surface area contributed by atoms with Gasteiger partial charge in [0.2, 0.25) is 5.75 Å². The zero-order chi connectivity index (χ0) is 31.7. The molecule has 242 valence electrons. The van der Waals surface area contributed by atoms with Gasteiger partial charge in [-0.2, -0.15) is 13.2 Å². The zero-order valence-corrected chi connectivity index (χ0v) is 24.9. The van der Waals surface area contributed by atoms with Crippen LogP contribution in [0.4, 0.5) is 17.6 Å². The molecule has 3 atom stereocenters. The number of carbonyl (C=O) groups excluding carboxylic acids is 2. The van der Waals surface area contributed by atoms with E-state index in [2.05, 4.69) is 9.80 Å². The summed E-state index contributed by atoms with van der Waals surface area (Å²) in [5.74, 6) is -1.89. The molecule has 0 aliphatic carbocycles. The second-order valence-electron chi connectivity index (χ2n) is 10.8. The molecule has 4 rings (SSSR count). The first-order chi connectivity index (χ1) is 21.1. The minimum absolute atomic E-state index is 0.142.